The lowest BCUT2D eigenvalue weighted by Crippen LogP contribution is -2.27. The number of fused-ring (bicyclic) bond motifs is 1. The maximum Gasteiger partial charge on any atom is 0.259 e. The molecule has 1 aliphatic rings. The van der Waals surface area contributed by atoms with Gasteiger partial charge in [-0.25, -0.2) is 0 Å². The predicted molar refractivity (Wildman–Crippen MR) is 108 cm³/mol. The molecule has 0 radical (unpaired) electrons. The Labute approximate surface area is 169 Å². The van der Waals surface area contributed by atoms with Crippen LogP contribution in [0.2, 0.25) is 0 Å². The van der Waals surface area contributed by atoms with Crippen LogP contribution < -0.4 is 18.9 Å². The second-order valence-corrected chi connectivity index (χ2v) is 6.55. The Kier molecular flexibility index (Phi) is 6.39. The number of nitrogens with zero attached hydrogens (tertiary/aromatic N) is 1. The van der Waals surface area contributed by atoms with Gasteiger partial charge in [-0.15, -0.1) is 0 Å². The molecular weight excluding hydrogens is 374 g/mol. The number of carbonyl (C=O) groups excluding carboxylic acids is 2. The maximum absolute atomic E-state index is 12.5. The van der Waals surface area contributed by atoms with Gasteiger partial charge in [0.2, 0.25) is 5.75 Å². The van der Waals surface area contributed by atoms with Gasteiger partial charge in [-0.2, -0.15) is 0 Å². The van der Waals surface area contributed by atoms with Crippen LogP contribution in [0.5, 0.6) is 23.0 Å². The van der Waals surface area contributed by atoms with E-state index >= 15 is 0 Å². The minimum atomic E-state index is -0.158. The first-order chi connectivity index (χ1) is 14.0. The number of rotatable bonds is 7. The predicted octanol–water partition coefficient (Wildman–Crippen LogP) is 2.83. The summed E-state index contributed by atoms with van der Waals surface area (Å²) in [6.07, 6.45) is 3.18. The highest BCUT2D eigenvalue weighted by Crippen LogP contribution is 2.40. The van der Waals surface area contributed by atoms with E-state index in [-0.39, 0.29) is 18.3 Å². The Morgan fingerprint density at radius 1 is 1.10 bits per heavy atom. The van der Waals surface area contributed by atoms with E-state index in [4.69, 9.17) is 18.9 Å². The molecule has 7 nitrogen and oxygen atoms in total. The van der Waals surface area contributed by atoms with Crippen molar-refractivity contribution >= 4 is 17.8 Å². The van der Waals surface area contributed by atoms with Crippen LogP contribution >= 0.6 is 0 Å². The Morgan fingerprint density at radius 3 is 2.52 bits per heavy atom. The zero-order chi connectivity index (χ0) is 20.8. The van der Waals surface area contributed by atoms with E-state index in [2.05, 4.69) is 0 Å². The van der Waals surface area contributed by atoms with Crippen molar-refractivity contribution < 1.29 is 28.5 Å². The number of hydrogen-bond donors (Lipinski definition) is 0. The van der Waals surface area contributed by atoms with Crippen LogP contribution in [0.4, 0.5) is 0 Å². The molecule has 0 fully saturated rings. The van der Waals surface area contributed by atoms with Gasteiger partial charge < -0.3 is 23.8 Å². The van der Waals surface area contributed by atoms with E-state index in [9.17, 15) is 9.59 Å². The molecule has 7 heteroatoms. The maximum atomic E-state index is 12.5. The molecule has 0 bridgehead atoms. The second kappa shape index (κ2) is 9.14. The highest BCUT2D eigenvalue weighted by atomic mass is 16.6. The topological polar surface area (TPSA) is 74.3 Å². The van der Waals surface area contributed by atoms with Crippen LogP contribution in [0.15, 0.2) is 42.5 Å². The molecule has 29 heavy (non-hydrogen) atoms. The van der Waals surface area contributed by atoms with Gasteiger partial charge in [-0.05, 0) is 48.0 Å². The second-order valence-electron chi connectivity index (χ2n) is 6.55. The fourth-order valence-corrected chi connectivity index (χ4v) is 2.65. The zero-order valence-corrected chi connectivity index (χ0v) is 16.6. The van der Waals surface area contributed by atoms with Crippen molar-refractivity contribution in [3.05, 3.63) is 53.6 Å². The molecule has 0 saturated heterocycles. The van der Waals surface area contributed by atoms with Crippen LogP contribution in [0.25, 0.3) is 6.08 Å². The molecule has 2 aromatic rings. The van der Waals surface area contributed by atoms with Crippen molar-refractivity contribution in [1.29, 1.82) is 0 Å². The minimum absolute atomic E-state index is 0.0495. The lowest BCUT2D eigenvalue weighted by Gasteiger charge is -2.20. The van der Waals surface area contributed by atoms with Gasteiger partial charge in [0.25, 0.3) is 5.91 Å². The highest BCUT2D eigenvalue weighted by Gasteiger charge is 2.17. The van der Waals surface area contributed by atoms with Crippen molar-refractivity contribution in [2.24, 2.45) is 0 Å². The summed E-state index contributed by atoms with van der Waals surface area (Å²) in [5, 5.41) is 0. The van der Waals surface area contributed by atoms with E-state index in [1.54, 1.807) is 63.7 Å². The third kappa shape index (κ3) is 5.07. The first kappa shape index (κ1) is 20.3. The number of ketones is 1. The van der Waals surface area contributed by atoms with Gasteiger partial charge in [0, 0.05) is 19.7 Å². The van der Waals surface area contributed by atoms with Gasteiger partial charge in [0.05, 0.1) is 7.11 Å². The Morgan fingerprint density at radius 2 is 1.83 bits per heavy atom. The number of amides is 1. The molecule has 0 N–H and O–H groups in total. The summed E-state index contributed by atoms with van der Waals surface area (Å²) >= 11 is 0. The summed E-state index contributed by atoms with van der Waals surface area (Å²) in [5.74, 6) is 1.96. The molecule has 0 spiro atoms. The molecule has 3 rings (SSSR count). The lowest BCUT2D eigenvalue weighted by atomic mass is 10.1. The SMILES string of the molecule is COc1cc(/C=C/C(=O)c2ccc(OCC(=O)N(C)C)cc2)cc2c1OCCO2. The summed E-state index contributed by atoms with van der Waals surface area (Å²) in [7, 11) is 4.89. The van der Waals surface area contributed by atoms with Gasteiger partial charge in [-0.1, -0.05) is 6.08 Å². The summed E-state index contributed by atoms with van der Waals surface area (Å²) in [6.45, 7) is 0.892. The van der Waals surface area contributed by atoms with Crippen LogP contribution in [0.3, 0.4) is 0 Å². The van der Waals surface area contributed by atoms with Crippen molar-refractivity contribution in [2.45, 2.75) is 0 Å². The van der Waals surface area contributed by atoms with Crippen molar-refractivity contribution in [2.75, 3.05) is 41.0 Å². The molecule has 0 saturated carbocycles. The van der Waals surface area contributed by atoms with Gasteiger partial charge >= 0.3 is 0 Å². The van der Waals surface area contributed by atoms with E-state index in [1.807, 2.05) is 0 Å². The van der Waals surface area contributed by atoms with Crippen molar-refractivity contribution in [3.63, 3.8) is 0 Å². The van der Waals surface area contributed by atoms with Crippen LogP contribution in [-0.4, -0.2) is 57.6 Å². The fourth-order valence-electron chi connectivity index (χ4n) is 2.65. The van der Waals surface area contributed by atoms with Crippen molar-refractivity contribution in [3.8, 4) is 23.0 Å². The number of hydrogen-bond acceptors (Lipinski definition) is 6. The molecule has 152 valence electrons. The summed E-state index contributed by atoms with van der Waals surface area (Å²) in [5.41, 5.74) is 1.28. The highest BCUT2D eigenvalue weighted by molar-refractivity contribution is 6.06. The largest absolute Gasteiger partial charge is 0.493 e. The van der Waals surface area contributed by atoms with Gasteiger partial charge in [0.15, 0.2) is 23.9 Å². The molecular formula is C22H23NO6. The zero-order valence-electron chi connectivity index (χ0n) is 16.6. The average molecular weight is 397 g/mol. The molecule has 1 amide bonds. The number of allylic oxidation sites excluding steroid dienone is 1. The van der Waals surface area contributed by atoms with E-state index in [1.165, 1.54) is 11.0 Å². The van der Waals surface area contributed by atoms with Crippen LogP contribution in [-0.2, 0) is 4.79 Å². The van der Waals surface area contributed by atoms with Crippen LogP contribution in [0, 0.1) is 0 Å². The number of benzene rings is 2. The Hall–Kier alpha value is -3.48. The monoisotopic (exact) mass is 397 g/mol. The number of methoxy groups -OCH3 is 1. The molecule has 0 atom stereocenters. The normalized spacial score (nSPS) is 12.5. The fraction of sp³-hybridized carbons (Fsp3) is 0.273. The first-order valence-electron chi connectivity index (χ1n) is 9.11. The number of ether oxygens (including phenoxy) is 4. The summed E-state index contributed by atoms with van der Waals surface area (Å²) < 4.78 is 21.9. The van der Waals surface area contributed by atoms with E-state index in [0.717, 1.165) is 5.56 Å². The van der Waals surface area contributed by atoms with Gasteiger partial charge in [0.1, 0.15) is 19.0 Å². The quantitative estimate of drug-likeness (QED) is 0.528. The average Bonchev–Trinajstić information content (AvgIpc) is 2.75. The van der Waals surface area contributed by atoms with E-state index < -0.39 is 0 Å². The third-order valence-electron chi connectivity index (χ3n) is 4.28. The molecule has 1 aliphatic heterocycles. The summed E-state index contributed by atoms with van der Waals surface area (Å²) in [4.78, 5) is 25.5. The Bertz CT molecular complexity index is 900. The first-order valence-corrected chi connectivity index (χ1v) is 9.11. The minimum Gasteiger partial charge on any atom is -0.493 e. The third-order valence-corrected chi connectivity index (χ3v) is 4.28. The van der Waals surface area contributed by atoms with Crippen molar-refractivity contribution in [1.82, 2.24) is 4.90 Å². The molecule has 0 aliphatic carbocycles. The van der Waals surface area contributed by atoms with Gasteiger partial charge in [-0.3, -0.25) is 9.59 Å². The summed E-state index contributed by atoms with van der Waals surface area (Å²) in [6, 6.07) is 10.2. The Balaban J connectivity index is 1.67. The number of likely N-dealkylation sites (N-methyl/N-ethyl adjacent to an activating group) is 1. The lowest BCUT2D eigenvalue weighted by molar-refractivity contribution is -0.130. The molecule has 0 unspecified atom stereocenters. The smallest absolute Gasteiger partial charge is 0.259 e. The standard InChI is InChI=1S/C22H23NO6/c1-23(2)21(25)14-29-17-7-5-16(6-8-17)18(24)9-4-15-12-19(26-3)22-20(13-15)27-10-11-28-22/h4-9,12-13H,10-11,14H2,1-3H3/b9-4+. The van der Waals surface area contributed by atoms with E-state index in [0.29, 0.717) is 41.8 Å². The molecule has 1 heterocycles. The molecule has 2 aromatic carbocycles. The molecule has 0 aromatic heterocycles. The number of carbonyl (C=O) groups is 2. The van der Waals surface area contributed by atoms with Crippen LogP contribution in [0.1, 0.15) is 15.9 Å².